The molecule has 1 amide bonds. The molecule has 0 aliphatic heterocycles. The highest BCUT2D eigenvalue weighted by Crippen LogP contribution is 2.04. The number of carbonyl (C=O) groups excluding carboxylic acids is 1. The minimum atomic E-state index is -0.0168. The van der Waals surface area contributed by atoms with Crippen molar-refractivity contribution in [2.75, 3.05) is 6.54 Å². The molecule has 102 valence electrons. The molecule has 2 aromatic rings. The van der Waals surface area contributed by atoms with Crippen molar-refractivity contribution >= 4 is 5.91 Å². The first-order valence-electron chi connectivity index (χ1n) is 6.31. The molecule has 0 saturated carbocycles. The van der Waals surface area contributed by atoms with Crippen molar-refractivity contribution in [3.63, 3.8) is 0 Å². The van der Waals surface area contributed by atoms with Crippen LogP contribution in [0.25, 0.3) is 0 Å². The van der Waals surface area contributed by atoms with E-state index in [4.69, 9.17) is 0 Å². The van der Waals surface area contributed by atoms with Gasteiger partial charge in [0.25, 0.3) is 0 Å². The van der Waals surface area contributed by atoms with Crippen LogP contribution in [0.3, 0.4) is 0 Å². The van der Waals surface area contributed by atoms with Crippen molar-refractivity contribution in [1.29, 1.82) is 0 Å². The number of imidazole rings is 1. The molecule has 0 aliphatic carbocycles. The molecule has 2 rings (SSSR count). The summed E-state index contributed by atoms with van der Waals surface area (Å²) in [5.74, 6) is 0.822. The summed E-state index contributed by atoms with van der Waals surface area (Å²) in [6, 6.07) is 0.140. The molecular formula is C13H19N5O. The van der Waals surface area contributed by atoms with E-state index in [1.807, 2.05) is 42.4 Å². The number of nitrogens with one attached hydrogen (secondary N) is 1. The Hall–Kier alpha value is -2.11. The minimum Gasteiger partial charge on any atom is -0.352 e. The van der Waals surface area contributed by atoms with Crippen molar-refractivity contribution in [1.82, 2.24) is 24.6 Å². The first-order chi connectivity index (χ1) is 9.06. The normalized spacial score (nSPS) is 12.4. The molecular weight excluding hydrogens is 242 g/mol. The second kappa shape index (κ2) is 5.69. The van der Waals surface area contributed by atoms with E-state index in [1.165, 1.54) is 0 Å². The predicted molar refractivity (Wildman–Crippen MR) is 71.6 cm³/mol. The van der Waals surface area contributed by atoms with Crippen LogP contribution >= 0.6 is 0 Å². The summed E-state index contributed by atoms with van der Waals surface area (Å²) in [5, 5.41) is 7.14. The molecule has 2 heterocycles. The summed E-state index contributed by atoms with van der Waals surface area (Å²) < 4.78 is 3.68. The number of aryl methyl sites for hydroxylation is 2. The highest BCUT2D eigenvalue weighted by Gasteiger charge is 2.09. The zero-order chi connectivity index (χ0) is 13.8. The quantitative estimate of drug-likeness (QED) is 0.875. The van der Waals surface area contributed by atoms with E-state index in [2.05, 4.69) is 15.4 Å². The van der Waals surface area contributed by atoms with E-state index in [9.17, 15) is 4.79 Å². The topological polar surface area (TPSA) is 64.7 Å². The van der Waals surface area contributed by atoms with Gasteiger partial charge in [0, 0.05) is 25.1 Å². The molecule has 0 fully saturated rings. The molecule has 1 atom stereocenters. The van der Waals surface area contributed by atoms with Crippen molar-refractivity contribution < 1.29 is 4.79 Å². The Morgan fingerprint density at radius 2 is 2.26 bits per heavy atom. The lowest BCUT2D eigenvalue weighted by Gasteiger charge is -2.13. The monoisotopic (exact) mass is 261 g/mol. The van der Waals surface area contributed by atoms with E-state index in [-0.39, 0.29) is 11.9 Å². The number of nitrogens with zero attached hydrogens (tertiary/aromatic N) is 4. The van der Waals surface area contributed by atoms with Crippen LogP contribution in [0.5, 0.6) is 0 Å². The third-order valence-electron chi connectivity index (χ3n) is 3.01. The van der Waals surface area contributed by atoms with Gasteiger partial charge < -0.3 is 9.88 Å². The Labute approximate surface area is 112 Å². The van der Waals surface area contributed by atoms with Gasteiger partial charge in [-0.1, -0.05) is 0 Å². The van der Waals surface area contributed by atoms with Crippen LogP contribution in [0.1, 0.15) is 24.4 Å². The molecule has 19 heavy (non-hydrogen) atoms. The molecule has 1 N–H and O–H groups in total. The molecule has 0 aromatic carbocycles. The molecule has 6 nitrogen and oxygen atoms in total. The number of hydrogen-bond donors (Lipinski definition) is 1. The lowest BCUT2D eigenvalue weighted by molar-refractivity contribution is -0.121. The first kappa shape index (κ1) is 13.3. The molecule has 0 bridgehead atoms. The van der Waals surface area contributed by atoms with Gasteiger partial charge in [0.15, 0.2) is 0 Å². The summed E-state index contributed by atoms with van der Waals surface area (Å²) in [4.78, 5) is 15.9. The van der Waals surface area contributed by atoms with Crippen LogP contribution in [-0.2, 0) is 11.3 Å². The van der Waals surface area contributed by atoms with Gasteiger partial charge in [-0.15, -0.1) is 0 Å². The fourth-order valence-corrected chi connectivity index (χ4v) is 1.81. The van der Waals surface area contributed by atoms with Crippen LogP contribution in [0.4, 0.5) is 0 Å². The summed E-state index contributed by atoms with van der Waals surface area (Å²) in [7, 11) is 0. The van der Waals surface area contributed by atoms with Crippen molar-refractivity contribution in [3.8, 4) is 0 Å². The number of aromatic nitrogens is 4. The second-order valence-electron chi connectivity index (χ2n) is 4.75. The Kier molecular flexibility index (Phi) is 3.99. The summed E-state index contributed by atoms with van der Waals surface area (Å²) in [6.45, 7) is 6.76. The Balaban J connectivity index is 1.82. The van der Waals surface area contributed by atoms with E-state index < -0.39 is 0 Å². The molecule has 6 heteroatoms. The number of rotatable bonds is 5. The van der Waals surface area contributed by atoms with Gasteiger partial charge in [0.2, 0.25) is 5.91 Å². The lowest BCUT2D eigenvalue weighted by Crippen LogP contribution is -2.32. The lowest BCUT2D eigenvalue weighted by atomic mass is 10.3. The van der Waals surface area contributed by atoms with Crippen LogP contribution in [-0.4, -0.2) is 31.8 Å². The van der Waals surface area contributed by atoms with Crippen molar-refractivity contribution in [2.24, 2.45) is 0 Å². The Morgan fingerprint density at radius 3 is 2.84 bits per heavy atom. The van der Waals surface area contributed by atoms with E-state index in [0.29, 0.717) is 13.1 Å². The van der Waals surface area contributed by atoms with Crippen molar-refractivity contribution in [2.45, 2.75) is 33.4 Å². The maximum Gasteiger partial charge on any atom is 0.240 e. The molecule has 0 spiro atoms. The zero-order valence-corrected chi connectivity index (χ0v) is 11.5. The average Bonchev–Trinajstić information content (AvgIpc) is 2.96. The van der Waals surface area contributed by atoms with Gasteiger partial charge in [0.05, 0.1) is 12.2 Å². The SMILES string of the molecule is Cc1cnn([C@@H](C)CNC(=O)Cn2ccnc2C)c1. The Bertz CT molecular complexity index is 557. The highest BCUT2D eigenvalue weighted by atomic mass is 16.1. The average molecular weight is 261 g/mol. The van der Waals surface area contributed by atoms with E-state index in [0.717, 1.165) is 11.4 Å². The van der Waals surface area contributed by atoms with Crippen LogP contribution < -0.4 is 5.32 Å². The molecule has 0 radical (unpaired) electrons. The Morgan fingerprint density at radius 1 is 1.47 bits per heavy atom. The van der Waals surface area contributed by atoms with E-state index >= 15 is 0 Å². The second-order valence-corrected chi connectivity index (χ2v) is 4.75. The third kappa shape index (κ3) is 3.43. The van der Waals surface area contributed by atoms with Gasteiger partial charge in [-0.3, -0.25) is 9.48 Å². The number of amides is 1. The predicted octanol–water partition coefficient (Wildman–Crippen LogP) is 1.07. The first-order valence-corrected chi connectivity index (χ1v) is 6.31. The highest BCUT2D eigenvalue weighted by molar-refractivity contribution is 5.75. The van der Waals surface area contributed by atoms with Gasteiger partial charge in [0.1, 0.15) is 12.4 Å². The summed E-state index contributed by atoms with van der Waals surface area (Å²) in [5.41, 5.74) is 1.12. The number of carbonyl (C=O) groups is 1. The summed E-state index contributed by atoms with van der Waals surface area (Å²) in [6.07, 6.45) is 7.27. The standard InChI is InChI=1S/C13H19N5O/c1-10-6-16-18(8-10)11(2)7-15-13(19)9-17-5-4-14-12(17)3/h4-6,8,11H,7,9H2,1-3H3,(H,15,19)/t11-/m0/s1. The van der Waals surface area contributed by atoms with Gasteiger partial charge >= 0.3 is 0 Å². The fraction of sp³-hybridized carbons (Fsp3) is 0.462. The minimum absolute atomic E-state index is 0.0168. The number of hydrogen-bond acceptors (Lipinski definition) is 3. The zero-order valence-electron chi connectivity index (χ0n) is 11.5. The van der Waals surface area contributed by atoms with Crippen LogP contribution in [0.2, 0.25) is 0 Å². The molecule has 0 aliphatic rings. The van der Waals surface area contributed by atoms with Gasteiger partial charge in [-0.05, 0) is 26.3 Å². The van der Waals surface area contributed by atoms with Gasteiger partial charge in [-0.25, -0.2) is 4.98 Å². The largest absolute Gasteiger partial charge is 0.352 e. The van der Waals surface area contributed by atoms with E-state index in [1.54, 1.807) is 12.4 Å². The fourth-order valence-electron chi connectivity index (χ4n) is 1.81. The third-order valence-corrected chi connectivity index (χ3v) is 3.01. The van der Waals surface area contributed by atoms with Crippen LogP contribution in [0.15, 0.2) is 24.8 Å². The maximum atomic E-state index is 11.8. The molecule has 2 aromatic heterocycles. The molecule has 0 saturated heterocycles. The smallest absolute Gasteiger partial charge is 0.240 e. The van der Waals surface area contributed by atoms with Gasteiger partial charge in [-0.2, -0.15) is 5.10 Å². The maximum absolute atomic E-state index is 11.8. The van der Waals surface area contributed by atoms with Crippen molar-refractivity contribution in [3.05, 3.63) is 36.2 Å². The summed E-state index contributed by atoms with van der Waals surface area (Å²) >= 11 is 0. The van der Waals surface area contributed by atoms with Crippen LogP contribution in [0, 0.1) is 13.8 Å². The molecule has 0 unspecified atom stereocenters.